The van der Waals surface area contributed by atoms with Gasteiger partial charge in [0.05, 0.1) is 24.9 Å². The van der Waals surface area contributed by atoms with Crippen molar-refractivity contribution in [2.24, 2.45) is 7.05 Å². The van der Waals surface area contributed by atoms with E-state index in [9.17, 15) is 9.18 Å². The zero-order valence-corrected chi connectivity index (χ0v) is 18.5. The number of amides is 1. The van der Waals surface area contributed by atoms with Crippen LogP contribution in [0.15, 0.2) is 42.9 Å². The van der Waals surface area contributed by atoms with Gasteiger partial charge in [-0.05, 0) is 18.6 Å². The number of hydrogen-bond acceptors (Lipinski definition) is 6. The number of carbonyl (C=O) groups excluding carboxylic acids is 1. The van der Waals surface area contributed by atoms with E-state index in [1.54, 1.807) is 23.0 Å². The number of halogens is 1. The quantitative estimate of drug-likeness (QED) is 0.565. The molecule has 1 aromatic carbocycles. The molecule has 1 aliphatic rings. The Morgan fingerprint density at radius 2 is 2.16 bits per heavy atom. The van der Waals surface area contributed by atoms with Crippen molar-refractivity contribution in [1.82, 2.24) is 24.6 Å². The second kappa shape index (κ2) is 9.33. The number of likely N-dealkylation sites (tertiary alicyclic amines) is 1. The van der Waals surface area contributed by atoms with Gasteiger partial charge in [0.25, 0.3) is 0 Å². The highest BCUT2D eigenvalue weighted by atomic mass is 19.1. The van der Waals surface area contributed by atoms with Crippen LogP contribution in [0.25, 0.3) is 11.1 Å². The first-order chi connectivity index (χ1) is 15.4. The molecule has 4 rings (SSSR count). The Hall–Kier alpha value is -3.49. The summed E-state index contributed by atoms with van der Waals surface area (Å²) in [5, 5.41) is 4.27. The zero-order chi connectivity index (χ0) is 22.7. The summed E-state index contributed by atoms with van der Waals surface area (Å²) in [6.07, 6.45) is 6.66. The summed E-state index contributed by atoms with van der Waals surface area (Å²) in [5.41, 5.74) is 2.83. The standard InChI is InChI=1S/C23H27FN6O2/c1-28(2)23-25-13-20(17-12-26-29(3)14-17)22(27-23)16-7-9-30(15-16)21(31)8-10-32-19-6-4-5-18(24)11-19/h4-6,11-14,16H,7-10,15H2,1-3H3/t16-/m0/s1. The van der Waals surface area contributed by atoms with E-state index in [1.807, 2.05) is 43.3 Å². The number of rotatable bonds is 7. The van der Waals surface area contributed by atoms with E-state index in [0.29, 0.717) is 24.8 Å². The Morgan fingerprint density at radius 1 is 1.31 bits per heavy atom. The van der Waals surface area contributed by atoms with Gasteiger partial charge in [0.1, 0.15) is 11.6 Å². The minimum Gasteiger partial charge on any atom is -0.493 e. The molecule has 168 valence electrons. The minimum absolute atomic E-state index is 0.0220. The third-order valence-corrected chi connectivity index (χ3v) is 5.53. The van der Waals surface area contributed by atoms with Gasteiger partial charge in [-0.3, -0.25) is 9.48 Å². The van der Waals surface area contributed by atoms with Gasteiger partial charge in [-0.15, -0.1) is 0 Å². The van der Waals surface area contributed by atoms with Gasteiger partial charge < -0.3 is 14.5 Å². The minimum atomic E-state index is -0.359. The third-order valence-electron chi connectivity index (χ3n) is 5.53. The van der Waals surface area contributed by atoms with Crippen LogP contribution in [-0.2, 0) is 11.8 Å². The van der Waals surface area contributed by atoms with E-state index >= 15 is 0 Å². The van der Waals surface area contributed by atoms with Crippen LogP contribution in [0.5, 0.6) is 5.75 Å². The predicted molar refractivity (Wildman–Crippen MR) is 119 cm³/mol. The van der Waals surface area contributed by atoms with Gasteiger partial charge in [0, 0.05) is 69.7 Å². The largest absolute Gasteiger partial charge is 0.493 e. The van der Waals surface area contributed by atoms with E-state index in [1.165, 1.54) is 12.1 Å². The van der Waals surface area contributed by atoms with Gasteiger partial charge >= 0.3 is 0 Å². The number of hydrogen-bond donors (Lipinski definition) is 0. The molecule has 1 fully saturated rings. The highest BCUT2D eigenvalue weighted by molar-refractivity contribution is 5.77. The van der Waals surface area contributed by atoms with Gasteiger partial charge in [0.15, 0.2) is 0 Å². The highest BCUT2D eigenvalue weighted by Crippen LogP contribution is 2.34. The Balaban J connectivity index is 1.44. The first-order valence-corrected chi connectivity index (χ1v) is 10.6. The van der Waals surface area contributed by atoms with Crippen LogP contribution in [0.3, 0.4) is 0 Å². The average Bonchev–Trinajstić information content (AvgIpc) is 3.43. The lowest BCUT2D eigenvalue weighted by Gasteiger charge is -2.19. The summed E-state index contributed by atoms with van der Waals surface area (Å²) >= 11 is 0. The summed E-state index contributed by atoms with van der Waals surface area (Å²) in [6, 6.07) is 5.93. The van der Waals surface area contributed by atoms with E-state index in [-0.39, 0.29) is 30.7 Å². The van der Waals surface area contributed by atoms with E-state index in [2.05, 4.69) is 10.1 Å². The fourth-order valence-electron chi connectivity index (χ4n) is 3.88. The molecule has 0 radical (unpaired) electrons. The van der Waals surface area contributed by atoms with Crippen LogP contribution in [0.4, 0.5) is 10.3 Å². The molecule has 9 heteroatoms. The highest BCUT2D eigenvalue weighted by Gasteiger charge is 2.30. The summed E-state index contributed by atoms with van der Waals surface area (Å²) in [6.45, 7) is 1.47. The SMILES string of the molecule is CN(C)c1ncc(-c2cnn(C)c2)c([C@H]2CCN(C(=O)CCOc3cccc(F)c3)C2)n1. The number of nitrogens with zero attached hydrogens (tertiary/aromatic N) is 6. The van der Waals surface area contributed by atoms with Crippen molar-refractivity contribution in [3.8, 4) is 16.9 Å². The molecule has 32 heavy (non-hydrogen) atoms. The van der Waals surface area contributed by atoms with E-state index < -0.39 is 0 Å². The van der Waals surface area contributed by atoms with Crippen LogP contribution in [0, 0.1) is 5.82 Å². The fraction of sp³-hybridized carbons (Fsp3) is 0.391. The van der Waals surface area contributed by atoms with Crippen molar-refractivity contribution in [3.63, 3.8) is 0 Å². The van der Waals surface area contributed by atoms with Crippen LogP contribution >= 0.6 is 0 Å². The van der Waals surface area contributed by atoms with Gasteiger partial charge in [-0.25, -0.2) is 14.4 Å². The lowest BCUT2D eigenvalue weighted by Crippen LogP contribution is -2.29. The average molecular weight is 439 g/mol. The van der Waals surface area contributed by atoms with Crippen LogP contribution in [0.2, 0.25) is 0 Å². The first kappa shape index (κ1) is 21.7. The zero-order valence-electron chi connectivity index (χ0n) is 18.5. The molecular formula is C23H27FN6O2. The third kappa shape index (κ3) is 4.87. The number of anilines is 1. The smallest absolute Gasteiger partial charge is 0.226 e. The molecule has 0 N–H and O–H groups in total. The molecule has 8 nitrogen and oxygen atoms in total. The fourth-order valence-corrected chi connectivity index (χ4v) is 3.88. The Labute approximate surface area is 186 Å². The molecule has 0 bridgehead atoms. The van der Waals surface area contributed by atoms with Crippen molar-refractivity contribution in [1.29, 1.82) is 0 Å². The molecule has 1 saturated heterocycles. The molecule has 1 atom stereocenters. The maximum absolute atomic E-state index is 13.3. The molecule has 1 amide bonds. The first-order valence-electron chi connectivity index (χ1n) is 10.6. The topological polar surface area (TPSA) is 76.4 Å². The number of carbonyl (C=O) groups is 1. The van der Waals surface area contributed by atoms with Crippen molar-refractivity contribution < 1.29 is 13.9 Å². The van der Waals surface area contributed by atoms with Crippen molar-refractivity contribution in [2.45, 2.75) is 18.8 Å². The van der Waals surface area contributed by atoms with Crippen molar-refractivity contribution >= 4 is 11.9 Å². The number of ether oxygens (including phenoxy) is 1. The summed E-state index contributed by atoms with van der Waals surface area (Å²) < 4.78 is 20.5. The number of aryl methyl sites for hydroxylation is 1. The molecule has 0 spiro atoms. The van der Waals surface area contributed by atoms with Gasteiger partial charge in [-0.1, -0.05) is 6.07 Å². The summed E-state index contributed by atoms with van der Waals surface area (Å²) in [7, 11) is 5.69. The molecule has 3 heterocycles. The number of benzene rings is 1. The van der Waals surface area contributed by atoms with E-state index in [4.69, 9.17) is 9.72 Å². The monoisotopic (exact) mass is 438 g/mol. The predicted octanol–water partition coefficient (Wildman–Crippen LogP) is 2.87. The molecule has 1 aliphatic heterocycles. The second-order valence-electron chi connectivity index (χ2n) is 8.15. The Bertz CT molecular complexity index is 1100. The van der Waals surface area contributed by atoms with Crippen molar-refractivity contribution in [2.75, 3.05) is 38.7 Å². The Kier molecular flexibility index (Phi) is 6.34. The maximum Gasteiger partial charge on any atom is 0.226 e. The molecule has 0 unspecified atom stereocenters. The van der Waals surface area contributed by atoms with Gasteiger partial charge in [0.2, 0.25) is 11.9 Å². The van der Waals surface area contributed by atoms with E-state index in [0.717, 1.165) is 23.2 Å². The summed E-state index contributed by atoms with van der Waals surface area (Å²) in [4.78, 5) is 25.8. The molecule has 2 aromatic heterocycles. The van der Waals surface area contributed by atoms with Crippen LogP contribution < -0.4 is 9.64 Å². The molecule has 0 saturated carbocycles. The maximum atomic E-state index is 13.3. The number of aromatic nitrogens is 4. The Morgan fingerprint density at radius 3 is 2.88 bits per heavy atom. The molecular weight excluding hydrogens is 411 g/mol. The van der Waals surface area contributed by atoms with Crippen LogP contribution in [-0.4, -0.2) is 64.3 Å². The van der Waals surface area contributed by atoms with Gasteiger partial charge in [-0.2, -0.15) is 5.10 Å². The lowest BCUT2D eigenvalue weighted by molar-refractivity contribution is -0.130. The normalized spacial score (nSPS) is 15.8. The van der Waals surface area contributed by atoms with Crippen LogP contribution in [0.1, 0.15) is 24.5 Å². The molecule has 3 aromatic rings. The molecule has 0 aliphatic carbocycles. The summed E-state index contributed by atoms with van der Waals surface area (Å²) in [5.74, 6) is 0.840. The van der Waals surface area contributed by atoms with Crippen molar-refractivity contribution in [3.05, 3.63) is 54.4 Å². The lowest BCUT2D eigenvalue weighted by atomic mass is 9.97. The second-order valence-corrected chi connectivity index (χ2v) is 8.15.